The highest BCUT2D eigenvalue weighted by atomic mass is 16.5. The Kier molecular flexibility index (Phi) is 4.20. The average molecular weight is 223 g/mol. The molecule has 2 heteroatoms. The van der Waals surface area contributed by atoms with Gasteiger partial charge in [0.15, 0.2) is 0 Å². The van der Waals surface area contributed by atoms with Crippen LogP contribution >= 0.6 is 0 Å². The second-order valence-electron chi connectivity index (χ2n) is 5.53. The summed E-state index contributed by atoms with van der Waals surface area (Å²) in [5.74, 6) is 0. The van der Waals surface area contributed by atoms with Gasteiger partial charge in [-0.3, -0.25) is 0 Å². The van der Waals surface area contributed by atoms with Crippen LogP contribution in [0.4, 0.5) is 0 Å². The molecule has 0 aliphatic carbocycles. The molecular weight excluding hydrogens is 198 g/mol. The van der Waals surface area contributed by atoms with Gasteiger partial charge >= 0.3 is 0 Å². The first kappa shape index (κ1) is 13.3. The van der Waals surface area contributed by atoms with Crippen molar-refractivity contribution in [2.75, 3.05) is 13.7 Å². The quantitative estimate of drug-likeness (QED) is 0.713. The van der Waals surface area contributed by atoms with E-state index < -0.39 is 0 Å². The van der Waals surface area contributed by atoms with Gasteiger partial charge in [-0.25, -0.2) is 0 Å². The fraction of sp³-hybridized carbons (Fsp3) is 0.714. The highest BCUT2D eigenvalue weighted by Crippen LogP contribution is 2.28. The summed E-state index contributed by atoms with van der Waals surface area (Å²) in [6, 6.07) is 2.32. The summed E-state index contributed by atoms with van der Waals surface area (Å²) in [5.41, 5.74) is 4.46. The van der Waals surface area contributed by atoms with Gasteiger partial charge in [0.25, 0.3) is 0 Å². The molecule has 0 amide bonds. The number of rotatable bonds is 4. The summed E-state index contributed by atoms with van der Waals surface area (Å²) in [4.78, 5) is 0. The van der Waals surface area contributed by atoms with Crippen LogP contribution in [-0.4, -0.2) is 18.3 Å². The number of ether oxygens (including phenoxy) is 1. The van der Waals surface area contributed by atoms with Gasteiger partial charge in [0, 0.05) is 31.6 Å². The topological polar surface area (TPSA) is 14.2 Å². The Morgan fingerprint density at radius 1 is 1.25 bits per heavy atom. The van der Waals surface area contributed by atoms with Gasteiger partial charge in [0.05, 0.1) is 0 Å². The number of hydrogen-bond donors (Lipinski definition) is 0. The molecule has 0 aliphatic rings. The summed E-state index contributed by atoms with van der Waals surface area (Å²) >= 11 is 0. The lowest BCUT2D eigenvalue weighted by molar-refractivity contribution is 0.190. The molecule has 1 aromatic heterocycles. The van der Waals surface area contributed by atoms with Crippen molar-refractivity contribution in [3.8, 4) is 0 Å². The molecule has 1 rings (SSSR count). The third-order valence-corrected chi connectivity index (χ3v) is 3.11. The van der Waals surface area contributed by atoms with Crippen LogP contribution in [0.25, 0.3) is 0 Å². The smallest absolute Gasteiger partial charge is 0.0479 e. The Balaban J connectivity index is 2.90. The Bertz CT molecular complexity index is 344. The number of nitrogens with zero attached hydrogens (tertiary/aromatic N) is 1. The molecule has 0 unspecified atom stereocenters. The maximum absolute atomic E-state index is 5.10. The largest absolute Gasteiger partial charge is 0.385 e. The first-order chi connectivity index (χ1) is 7.38. The molecule has 0 spiro atoms. The van der Waals surface area contributed by atoms with Crippen molar-refractivity contribution in [2.24, 2.45) is 0 Å². The van der Waals surface area contributed by atoms with Crippen molar-refractivity contribution in [3.05, 3.63) is 23.0 Å². The molecule has 0 atom stereocenters. The van der Waals surface area contributed by atoms with Crippen molar-refractivity contribution < 1.29 is 4.74 Å². The predicted octanol–water partition coefficient (Wildman–Crippen LogP) is 3.44. The van der Waals surface area contributed by atoms with Crippen LogP contribution in [0.15, 0.2) is 6.07 Å². The van der Waals surface area contributed by atoms with Gasteiger partial charge in [-0.15, -0.1) is 0 Å². The van der Waals surface area contributed by atoms with E-state index in [0.29, 0.717) is 0 Å². The van der Waals surface area contributed by atoms with Gasteiger partial charge in [0.2, 0.25) is 0 Å². The third-order valence-electron chi connectivity index (χ3n) is 3.11. The van der Waals surface area contributed by atoms with Gasteiger partial charge in [-0.1, -0.05) is 20.8 Å². The Hall–Kier alpha value is -0.760. The zero-order chi connectivity index (χ0) is 12.3. The Morgan fingerprint density at radius 2 is 1.88 bits per heavy atom. The van der Waals surface area contributed by atoms with Crippen molar-refractivity contribution in [3.63, 3.8) is 0 Å². The van der Waals surface area contributed by atoms with Crippen LogP contribution in [0.1, 0.15) is 44.1 Å². The predicted molar refractivity (Wildman–Crippen MR) is 69.1 cm³/mol. The second-order valence-corrected chi connectivity index (χ2v) is 5.53. The normalized spacial score (nSPS) is 12.1. The Morgan fingerprint density at radius 3 is 2.31 bits per heavy atom. The summed E-state index contributed by atoms with van der Waals surface area (Å²) in [6.45, 7) is 13.1. The van der Waals surface area contributed by atoms with Crippen LogP contribution in [0.2, 0.25) is 0 Å². The highest BCUT2D eigenvalue weighted by molar-refractivity contribution is 5.32. The van der Waals surface area contributed by atoms with E-state index in [2.05, 4.69) is 45.3 Å². The zero-order valence-corrected chi connectivity index (χ0v) is 11.6. The van der Waals surface area contributed by atoms with Crippen molar-refractivity contribution in [2.45, 2.75) is 53.0 Å². The van der Waals surface area contributed by atoms with Gasteiger partial charge in [-0.2, -0.15) is 0 Å². The molecule has 1 aromatic rings. The molecule has 0 saturated heterocycles. The first-order valence-electron chi connectivity index (χ1n) is 6.04. The molecule has 0 radical (unpaired) electrons. The van der Waals surface area contributed by atoms with E-state index in [9.17, 15) is 0 Å². The molecular formula is C14H25NO. The maximum atomic E-state index is 5.10. The fourth-order valence-electron chi connectivity index (χ4n) is 2.27. The molecule has 2 nitrogen and oxygen atoms in total. The van der Waals surface area contributed by atoms with Gasteiger partial charge in [-0.05, 0) is 37.3 Å². The number of aryl methyl sites for hydroxylation is 1. The van der Waals surface area contributed by atoms with E-state index in [0.717, 1.165) is 19.6 Å². The molecule has 16 heavy (non-hydrogen) atoms. The van der Waals surface area contributed by atoms with E-state index in [1.54, 1.807) is 7.11 Å². The molecule has 0 saturated carbocycles. The lowest BCUT2D eigenvalue weighted by Gasteiger charge is -2.19. The second kappa shape index (κ2) is 5.05. The fourth-order valence-corrected chi connectivity index (χ4v) is 2.27. The van der Waals surface area contributed by atoms with E-state index in [-0.39, 0.29) is 5.41 Å². The molecule has 92 valence electrons. The summed E-state index contributed by atoms with van der Waals surface area (Å²) in [6.07, 6.45) is 1.08. The van der Waals surface area contributed by atoms with E-state index in [1.165, 1.54) is 17.0 Å². The van der Waals surface area contributed by atoms with Crippen LogP contribution in [-0.2, 0) is 16.7 Å². The Labute approximate surface area is 99.6 Å². The van der Waals surface area contributed by atoms with Gasteiger partial charge < -0.3 is 9.30 Å². The SMILES string of the molecule is COCCCn1c(C)cc(C(C)(C)C)c1C. The van der Waals surface area contributed by atoms with E-state index in [4.69, 9.17) is 4.74 Å². The lowest BCUT2D eigenvalue weighted by Crippen LogP contribution is -2.13. The zero-order valence-electron chi connectivity index (χ0n) is 11.6. The minimum atomic E-state index is 0.237. The molecule has 0 aromatic carbocycles. The lowest BCUT2D eigenvalue weighted by atomic mass is 9.87. The van der Waals surface area contributed by atoms with Crippen molar-refractivity contribution in [1.82, 2.24) is 4.57 Å². The molecule has 0 aliphatic heterocycles. The van der Waals surface area contributed by atoms with Crippen molar-refractivity contribution >= 4 is 0 Å². The standard InChI is InChI=1S/C14H25NO/c1-11-10-13(14(3,4)5)12(2)15(11)8-7-9-16-6/h10H,7-9H2,1-6H3. The first-order valence-corrected chi connectivity index (χ1v) is 6.04. The summed E-state index contributed by atoms with van der Waals surface area (Å²) in [5, 5.41) is 0. The average Bonchev–Trinajstić information content (AvgIpc) is 2.44. The summed E-state index contributed by atoms with van der Waals surface area (Å²) in [7, 11) is 1.76. The highest BCUT2D eigenvalue weighted by Gasteiger charge is 2.20. The third kappa shape index (κ3) is 2.88. The maximum Gasteiger partial charge on any atom is 0.0479 e. The van der Waals surface area contributed by atoms with Crippen LogP contribution in [0, 0.1) is 13.8 Å². The van der Waals surface area contributed by atoms with Gasteiger partial charge in [0.1, 0.15) is 0 Å². The monoisotopic (exact) mass is 223 g/mol. The minimum Gasteiger partial charge on any atom is -0.385 e. The van der Waals surface area contributed by atoms with Crippen LogP contribution in [0.5, 0.6) is 0 Å². The van der Waals surface area contributed by atoms with Crippen LogP contribution in [0.3, 0.4) is 0 Å². The molecule has 0 fully saturated rings. The number of aromatic nitrogens is 1. The molecule has 1 heterocycles. The number of hydrogen-bond acceptors (Lipinski definition) is 1. The molecule has 0 N–H and O–H groups in total. The van der Waals surface area contributed by atoms with Crippen molar-refractivity contribution in [1.29, 1.82) is 0 Å². The van der Waals surface area contributed by atoms with E-state index >= 15 is 0 Å². The van der Waals surface area contributed by atoms with Crippen LogP contribution < -0.4 is 0 Å². The minimum absolute atomic E-state index is 0.237. The summed E-state index contributed by atoms with van der Waals surface area (Å²) < 4.78 is 7.51. The molecule has 0 bridgehead atoms. The van der Waals surface area contributed by atoms with E-state index in [1.807, 2.05) is 0 Å². The number of methoxy groups -OCH3 is 1.